The second-order valence-corrected chi connectivity index (χ2v) is 15.3. The predicted molar refractivity (Wildman–Crippen MR) is 205 cm³/mol. The molecule has 3 N–H and O–H groups in total. The van der Waals surface area contributed by atoms with Crippen LogP contribution in [0.4, 0.5) is 10.8 Å². The molecule has 1 amide bonds. The molecule has 0 atom stereocenters. The molecule has 0 spiro atoms. The van der Waals surface area contributed by atoms with Gasteiger partial charge in [-0.05, 0) is 61.2 Å². The van der Waals surface area contributed by atoms with Gasteiger partial charge in [0.1, 0.15) is 10.7 Å². The third-order valence-electron chi connectivity index (χ3n) is 7.52. The maximum Gasteiger partial charge on any atom is 1.00 e. The number of aliphatic carboxylic acids is 1. The van der Waals surface area contributed by atoms with Gasteiger partial charge in [-0.2, -0.15) is 0 Å². The number of carbonyl (C=O) groups excluding carboxylic acids is 3. The van der Waals surface area contributed by atoms with Crippen LogP contribution in [-0.4, -0.2) is 39.7 Å². The number of methoxy groups -OCH3 is 1. The van der Waals surface area contributed by atoms with Gasteiger partial charge in [0, 0.05) is 16.1 Å². The van der Waals surface area contributed by atoms with Crippen molar-refractivity contribution >= 4 is 63.1 Å². The number of carbonyl (C=O) groups is 3. The van der Waals surface area contributed by atoms with Crippen LogP contribution in [0.5, 0.6) is 0 Å². The summed E-state index contributed by atoms with van der Waals surface area (Å²) < 4.78 is 3.62. The normalized spacial score (nSPS) is 10.7. The number of hydrogen-bond donors (Lipinski definition) is 2. The summed E-state index contributed by atoms with van der Waals surface area (Å²) in [5, 5.41) is 15.4. The number of hydrogen-bond acceptors (Lipinski definition) is 11. The molecule has 2 aromatic heterocycles. The summed E-state index contributed by atoms with van der Waals surface area (Å²) in [6.45, 7) is 5.33. The van der Waals surface area contributed by atoms with Gasteiger partial charge < -0.3 is 25.7 Å². The summed E-state index contributed by atoms with van der Waals surface area (Å²) in [6, 6.07) is 34.6. The molecule has 0 aliphatic carbocycles. The van der Waals surface area contributed by atoms with E-state index >= 15 is 0 Å². The number of ether oxygens (including phenoxy) is 1. The molecule has 0 radical (unpaired) electrons. The average molecular weight is 759 g/mol. The van der Waals surface area contributed by atoms with Gasteiger partial charge in [-0.25, -0.2) is 14.8 Å². The zero-order valence-corrected chi connectivity index (χ0v) is 33.8. The summed E-state index contributed by atoms with van der Waals surface area (Å²) >= 11 is 3.96. The number of aromatic nitrogens is 2. The van der Waals surface area contributed by atoms with Crippen molar-refractivity contribution in [1.29, 1.82) is 0 Å². The van der Waals surface area contributed by atoms with E-state index in [-0.39, 0.29) is 41.2 Å². The summed E-state index contributed by atoms with van der Waals surface area (Å²) in [6.07, 6.45) is 0.934. The molecule has 4 aromatic carbocycles. The number of carboxylic acid groups (broad SMARTS) is 1. The summed E-state index contributed by atoms with van der Waals surface area (Å²) in [5.41, 5.74) is 10.9. The van der Waals surface area contributed by atoms with Crippen LogP contribution in [0.15, 0.2) is 114 Å². The molecule has 2 heterocycles. The Labute approximate surface area is 337 Å². The Balaban J connectivity index is 0.000000298. The SMILES string of the molecule is CCc1ccc(NC(=O)c2nc(-c3ccc(SC(C)(C)C(=O)[O-])cc3)sc2-c2ccccc2)cc1.COC(=O)c1nc(N)sc1-c1ccccc1.[Na+]. The van der Waals surface area contributed by atoms with E-state index in [0.29, 0.717) is 15.8 Å². The molecule has 0 unspecified atom stereocenters. The van der Waals surface area contributed by atoms with Gasteiger partial charge in [0.15, 0.2) is 10.8 Å². The molecule has 0 saturated heterocycles. The molecule has 0 bridgehead atoms. The Bertz CT molecular complexity index is 2120. The number of nitrogens with zero attached hydrogens (tertiary/aromatic N) is 2. The number of rotatable bonds is 10. The number of thiazole rings is 2. The maximum atomic E-state index is 13.3. The van der Waals surface area contributed by atoms with Gasteiger partial charge in [-0.15, -0.1) is 23.1 Å². The molecule has 6 aromatic rings. The van der Waals surface area contributed by atoms with Crippen LogP contribution in [0.25, 0.3) is 31.5 Å². The molecule has 0 aliphatic heterocycles. The fourth-order valence-electron chi connectivity index (χ4n) is 4.76. The molecule has 13 heteroatoms. The Morgan fingerprint density at radius 2 is 1.35 bits per heavy atom. The maximum absolute atomic E-state index is 13.3. The molecule has 260 valence electrons. The number of nitrogen functional groups attached to an aromatic ring is 1. The van der Waals surface area contributed by atoms with E-state index in [1.165, 1.54) is 47.1 Å². The van der Waals surface area contributed by atoms with Crippen molar-refractivity contribution in [3.8, 4) is 31.5 Å². The van der Waals surface area contributed by atoms with E-state index in [1.807, 2.05) is 109 Å². The molecular formula is C39H35N4NaO5S3. The molecule has 0 aliphatic rings. The zero-order chi connectivity index (χ0) is 36.5. The average Bonchev–Trinajstić information content (AvgIpc) is 3.77. The van der Waals surface area contributed by atoms with E-state index in [9.17, 15) is 19.5 Å². The number of aryl methyl sites for hydroxylation is 1. The van der Waals surface area contributed by atoms with E-state index in [1.54, 1.807) is 13.8 Å². The van der Waals surface area contributed by atoms with Crippen molar-refractivity contribution in [2.24, 2.45) is 0 Å². The number of nitrogens with one attached hydrogen (secondary N) is 1. The fourth-order valence-corrected chi connectivity index (χ4v) is 7.60. The Morgan fingerprint density at radius 3 is 1.87 bits per heavy atom. The largest absolute Gasteiger partial charge is 1.00 e. The van der Waals surface area contributed by atoms with E-state index < -0.39 is 16.7 Å². The van der Waals surface area contributed by atoms with Gasteiger partial charge in [0.05, 0.1) is 27.6 Å². The summed E-state index contributed by atoms with van der Waals surface area (Å²) in [5.74, 6) is -1.84. The number of esters is 1. The van der Waals surface area contributed by atoms with Crippen LogP contribution in [0.3, 0.4) is 0 Å². The van der Waals surface area contributed by atoms with Gasteiger partial charge in [-0.1, -0.05) is 103 Å². The van der Waals surface area contributed by atoms with E-state index in [2.05, 4.69) is 22.0 Å². The number of carboxylic acids is 1. The molecule has 52 heavy (non-hydrogen) atoms. The van der Waals surface area contributed by atoms with Crippen LogP contribution < -0.4 is 45.7 Å². The predicted octanol–water partition coefficient (Wildman–Crippen LogP) is 5.10. The van der Waals surface area contributed by atoms with Crippen molar-refractivity contribution in [3.63, 3.8) is 0 Å². The van der Waals surface area contributed by atoms with Crippen LogP contribution >= 0.6 is 34.4 Å². The first-order valence-corrected chi connectivity index (χ1v) is 18.3. The molecule has 6 rings (SSSR count). The minimum atomic E-state index is -1.11. The minimum absolute atomic E-state index is 0. The number of nitrogens with two attached hydrogens (primary N) is 1. The first-order valence-electron chi connectivity index (χ1n) is 15.9. The van der Waals surface area contributed by atoms with Crippen LogP contribution in [0.1, 0.15) is 47.3 Å². The van der Waals surface area contributed by atoms with E-state index in [4.69, 9.17) is 10.7 Å². The smallest absolute Gasteiger partial charge is 0.549 e. The monoisotopic (exact) mass is 758 g/mol. The third-order valence-corrected chi connectivity index (χ3v) is 10.8. The first kappa shape index (κ1) is 40.5. The first-order chi connectivity index (χ1) is 24.5. The van der Waals surface area contributed by atoms with Crippen molar-refractivity contribution < 1.29 is 53.8 Å². The number of amides is 1. The summed E-state index contributed by atoms with van der Waals surface area (Å²) in [7, 11) is 1.33. The molecule has 0 saturated carbocycles. The fraction of sp³-hybridized carbons (Fsp3) is 0.154. The van der Waals surface area contributed by atoms with Crippen LogP contribution in [0.2, 0.25) is 0 Å². The van der Waals surface area contributed by atoms with Crippen LogP contribution in [0, 0.1) is 0 Å². The number of benzene rings is 4. The van der Waals surface area contributed by atoms with E-state index in [0.717, 1.165) is 43.4 Å². The van der Waals surface area contributed by atoms with Gasteiger partial charge >= 0.3 is 35.5 Å². The summed E-state index contributed by atoms with van der Waals surface area (Å²) in [4.78, 5) is 47.1. The number of anilines is 2. The standard InChI is InChI=1S/C28H26N2O3S2.C11H10N2O2S.Na/c1-4-18-10-14-21(15-11-18)29-25(31)23-24(19-8-6-5-7-9-19)34-26(30-23)20-12-16-22(17-13-20)35-28(2,3)27(32)33;1-15-10(14)8-9(16-11(12)13-8)7-5-3-2-4-6-7;/h5-17H,4H2,1-3H3,(H,29,31)(H,32,33);2-6H,1H3,(H2,12,13);/q;;+1/p-1. The van der Waals surface area contributed by atoms with Gasteiger partial charge in [-0.3, -0.25) is 4.79 Å². The van der Waals surface area contributed by atoms with Crippen molar-refractivity contribution in [3.05, 3.63) is 126 Å². The topological polar surface area (TPSA) is 147 Å². The van der Waals surface area contributed by atoms with Crippen molar-refractivity contribution in [2.45, 2.75) is 36.8 Å². The zero-order valence-electron chi connectivity index (χ0n) is 29.3. The second-order valence-electron chi connectivity index (χ2n) is 11.6. The van der Waals surface area contributed by atoms with Gasteiger partial charge in [0.25, 0.3) is 5.91 Å². The quantitative estimate of drug-likeness (QED) is 0.111. The minimum Gasteiger partial charge on any atom is -0.549 e. The van der Waals surface area contributed by atoms with Gasteiger partial charge in [0.2, 0.25) is 0 Å². The molecular weight excluding hydrogens is 724 g/mol. The van der Waals surface area contributed by atoms with Crippen molar-refractivity contribution in [1.82, 2.24) is 9.97 Å². The van der Waals surface area contributed by atoms with Crippen molar-refractivity contribution in [2.75, 3.05) is 18.2 Å². The molecule has 9 nitrogen and oxygen atoms in total. The number of thioether (sulfide) groups is 1. The Kier molecular flexibility index (Phi) is 14.4. The Hall–Kier alpha value is -4.30. The second kappa shape index (κ2) is 18.5. The van der Waals surface area contributed by atoms with Crippen LogP contribution in [-0.2, 0) is 16.0 Å². The Morgan fingerprint density at radius 1 is 0.788 bits per heavy atom. The third kappa shape index (κ3) is 10.2. The molecule has 0 fully saturated rings.